The Bertz CT molecular complexity index is 335. The Hall–Kier alpha value is -0.820. The number of piperidine rings is 1. The highest BCUT2D eigenvalue weighted by atomic mass is 14.9. The lowest BCUT2D eigenvalue weighted by molar-refractivity contribution is 0.332. The SMILES string of the molecule is Cc1cccc(C2CCC(C)CN2)c1C. The zero-order valence-corrected chi connectivity index (χ0v) is 10.0. The molecule has 1 aliphatic heterocycles. The average Bonchev–Trinajstić information content (AvgIpc) is 2.24. The fourth-order valence-corrected chi connectivity index (χ4v) is 2.42. The highest BCUT2D eigenvalue weighted by Gasteiger charge is 2.20. The van der Waals surface area contributed by atoms with Crippen LogP contribution in [0.2, 0.25) is 0 Å². The van der Waals surface area contributed by atoms with Crippen LogP contribution in [-0.4, -0.2) is 6.54 Å². The molecule has 1 saturated heterocycles. The van der Waals surface area contributed by atoms with E-state index in [1.54, 1.807) is 0 Å². The van der Waals surface area contributed by atoms with Gasteiger partial charge in [0.2, 0.25) is 0 Å². The molecule has 1 aromatic carbocycles. The maximum Gasteiger partial charge on any atom is 0.0323 e. The topological polar surface area (TPSA) is 12.0 Å². The summed E-state index contributed by atoms with van der Waals surface area (Å²) in [5.41, 5.74) is 4.37. The lowest BCUT2D eigenvalue weighted by Crippen LogP contribution is -2.32. The van der Waals surface area contributed by atoms with Gasteiger partial charge in [-0.25, -0.2) is 0 Å². The van der Waals surface area contributed by atoms with Gasteiger partial charge in [0.05, 0.1) is 0 Å². The van der Waals surface area contributed by atoms with Crippen molar-refractivity contribution in [3.05, 3.63) is 34.9 Å². The van der Waals surface area contributed by atoms with Crippen LogP contribution >= 0.6 is 0 Å². The first-order chi connectivity index (χ1) is 7.18. The fourth-order valence-electron chi connectivity index (χ4n) is 2.42. The van der Waals surface area contributed by atoms with E-state index in [0.29, 0.717) is 6.04 Å². The molecule has 1 fully saturated rings. The lowest BCUT2D eigenvalue weighted by Gasteiger charge is -2.29. The van der Waals surface area contributed by atoms with Crippen LogP contribution < -0.4 is 5.32 Å². The molecule has 1 aliphatic rings. The molecule has 0 amide bonds. The van der Waals surface area contributed by atoms with Gasteiger partial charge in [0.25, 0.3) is 0 Å². The van der Waals surface area contributed by atoms with Crippen molar-refractivity contribution >= 4 is 0 Å². The number of rotatable bonds is 1. The highest BCUT2D eigenvalue weighted by molar-refractivity contribution is 5.35. The Balaban J connectivity index is 2.19. The molecule has 1 heterocycles. The van der Waals surface area contributed by atoms with Gasteiger partial charge in [-0.15, -0.1) is 0 Å². The van der Waals surface area contributed by atoms with Gasteiger partial charge in [-0.1, -0.05) is 25.1 Å². The van der Waals surface area contributed by atoms with Gasteiger partial charge in [0, 0.05) is 6.04 Å². The largest absolute Gasteiger partial charge is 0.310 e. The molecule has 1 aromatic rings. The average molecular weight is 203 g/mol. The van der Waals surface area contributed by atoms with E-state index >= 15 is 0 Å². The molecule has 1 nitrogen and oxygen atoms in total. The predicted molar refractivity (Wildman–Crippen MR) is 65.1 cm³/mol. The summed E-state index contributed by atoms with van der Waals surface area (Å²) in [6.07, 6.45) is 2.64. The first kappa shape index (κ1) is 10.7. The smallest absolute Gasteiger partial charge is 0.0323 e. The normalized spacial score (nSPS) is 26.6. The predicted octanol–water partition coefficient (Wildman–Crippen LogP) is 3.36. The second-order valence-corrected chi connectivity index (χ2v) is 4.93. The van der Waals surface area contributed by atoms with Gasteiger partial charge in [0.15, 0.2) is 0 Å². The van der Waals surface area contributed by atoms with Crippen LogP contribution in [0, 0.1) is 19.8 Å². The Morgan fingerprint density at radius 3 is 2.67 bits per heavy atom. The molecule has 15 heavy (non-hydrogen) atoms. The van der Waals surface area contributed by atoms with Gasteiger partial charge in [-0.2, -0.15) is 0 Å². The van der Waals surface area contributed by atoms with E-state index in [0.717, 1.165) is 12.5 Å². The second-order valence-electron chi connectivity index (χ2n) is 4.93. The minimum Gasteiger partial charge on any atom is -0.310 e. The lowest BCUT2D eigenvalue weighted by atomic mass is 9.89. The zero-order valence-electron chi connectivity index (χ0n) is 10.0. The Labute approximate surface area is 92.9 Å². The number of nitrogens with one attached hydrogen (secondary N) is 1. The monoisotopic (exact) mass is 203 g/mol. The molecule has 0 aliphatic carbocycles. The second kappa shape index (κ2) is 4.36. The van der Waals surface area contributed by atoms with Gasteiger partial charge in [-0.3, -0.25) is 0 Å². The first-order valence-electron chi connectivity index (χ1n) is 5.98. The molecular weight excluding hydrogens is 182 g/mol. The first-order valence-corrected chi connectivity index (χ1v) is 5.98. The molecule has 0 bridgehead atoms. The summed E-state index contributed by atoms with van der Waals surface area (Å²) in [7, 11) is 0. The van der Waals surface area contributed by atoms with Gasteiger partial charge in [0.1, 0.15) is 0 Å². The van der Waals surface area contributed by atoms with E-state index in [9.17, 15) is 0 Å². The summed E-state index contributed by atoms with van der Waals surface area (Å²) >= 11 is 0. The van der Waals surface area contributed by atoms with Crippen molar-refractivity contribution in [2.45, 2.75) is 39.7 Å². The Morgan fingerprint density at radius 1 is 1.20 bits per heavy atom. The van der Waals surface area contributed by atoms with Crippen LogP contribution in [-0.2, 0) is 0 Å². The fraction of sp³-hybridized carbons (Fsp3) is 0.571. The summed E-state index contributed by atoms with van der Waals surface area (Å²) in [5, 5.41) is 3.65. The third kappa shape index (κ3) is 2.23. The van der Waals surface area contributed by atoms with Crippen LogP contribution in [0.15, 0.2) is 18.2 Å². The summed E-state index contributed by atoms with van der Waals surface area (Å²) in [6, 6.07) is 7.23. The van der Waals surface area contributed by atoms with Crippen molar-refractivity contribution < 1.29 is 0 Å². The number of benzene rings is 1. The molecule has 1 N–H and O–H groups in total. The van der Waals surface area contributed by atoms with Crippen LogP contribution in [0.25, 0.3) is 0 Å². The molecule has 2 unspecified atom stereocenters. The molecule has 1 heteroatoms. The van der Waals surface area contributed by atoms with Crippen molar-refractivity contribution in [3.63, 3.8) is 0 Å². The highest BCUT2D eigenvalue weighted by Crippen LogP contribution is 2.28. The van der Waals surface area contributed by atoms with E-state index in [2.05, 4.69) is 44.3 Å². The third-order valence-corrected chi connectivity index (χ3v) is 3.68. The maximum absolute atomic E-state index is 3.65. The van der Waals surface area contributed by atoms with Gasteiger partial charge in [-0.05, 0) is 55.8 Å². The van der Waals surface area contributed by atoms with Crippen LogP contribution in [0.1, 0.15) is 42.5 Å². The van der Waals surface area contributed by atoms with Crippen molar-refractivity contribution in [2.75, 3.05) is 6.54 Å². The van der Waals surface area contributed by atoms with E-state index < -0.39 is 0 Å². The van der Waals surface area contributed by atoms with Crippen LogP contribution in [0.4, 0.5) is 0 Å². The molecule has 82 valence electrons. The minimum atomic E-state index is 0.584. The third-order valence-electron chi connectivity index (χ3n) is 3.68. The summed E-state index contributed by atoms with van der Waals surface area (Å²) in [6.45, 7) is 7.93. The molecule has 0 radical (unpaired) electrons. The van der Waals surface area contributed by atoms with Crippen molar-refractivity contribution in [1.29, 1.82) is 0 Å². The Kier molecular flexibility index (Phi) is 3.11. The van der Waals surface area contributed by atoms with Crippen molar-refractivity contribution in [1.82, 2.24) is 5.32 Å². The Morgan fingerprint density at radius 2 is 2.00 bits per heavy atom. The quantitative estimate of drug-likeness (QED) is 0.738. The van der Waals surface area contributed by atoms with Crippen molar-refractivity contribution in [3.8, 4) is 0 Å². The molecule has 2 rings (SSSR count). The summed E-state index contributed by atoms with van der Waals surface area (Å²) in [4.78, 5) is 0. The number of hydrogen-bond donors (Lipinski definition) is 1. The number of hydrogen-bond acceptors (Lipinski definition) is 1. The van der Waals surface area contributed by atoms with E-state index in [1.807, 2.05) is 0 Å². The molecule has 0 spiro atoms. The molecular formula is C14H21N. The van der Waals surface area contributed by atoms with Gasteiger partial charge >= 0.3 is 0 Å². The van der Waals surface area contributed by atoms with Crippen LogP contribution in [0.3, 0.4) is 0 Å². The summed E-state index contributed by atoms with van der Waals surface area (Å²) in [5.74, 6) is 0.839. The van der Waals surface area contributed by atoms with E-state index in [-0.39, 0.29) is 0 Å². The standard InChI is InChI=1S/C14H21N/c1-10-7-8-14(15-9-10)13-6-4-5-11(2)12(13)3/h4-6,10,14-15H,7-9H2,1-3H3. The molecule has 0 aromatic heterocycles. The van der Waals surface area contributed by atoms with E-state index in [1.165, 1.54) is 29.5 Å². The summed E-state index contributed by atoms with van der Waals surface area (Å²) < 4.78 is 0. The minimum absolute atomic E-state index is 0.584. The van der Waals surface area contributed by atoms with Gasteiger partial charge < -0.3 is 5.32 Å². The zero-order chi connectivity index (χ0) is 10.8. The molecule has 0 saturated carbocycles. The van der Waals surface area contributed by atoms with E-state index in [4.69, 9.17) is 0 Å². The van der Waals surface area contributed by atoms with Crippen molar-refractivity contribution in [2.24, 2.45) is 5.92 Å². The van der Waals surface area contributed by atoms with Crippen LogP contribution in [0.5, 0.6) is 0 Å². The number of aryl methyl sites for hydroxylation is 1. The maximum atomic E-state index is 3.65. The molecule has 2 atom stereocenters.